The SMILES string of the molecule is O=C(NCCSC(c1ccccc1)(c1ccccc1)c1ccccc1)c1cc2cc(OC(F)(F)F)cc(NSc3cccs3)c2[nH]1. The number of anilines is 1. The lowest BCUT2D eigenvalue weighted by molar-refractivity contribution is -0.274. The second kappa shape index (κ2) is 14.0. The number of aromatic amines is 1. The number of halogens is 3. The quantitative estimate of drug-likeness (QED) is 0.0685. The van der Waals surface area contributed by atoms with E-state index >= 15 is 0 Å². The van der Waals surface area contributed by atoms with Gasteiger partial charge in [0, 0.05) is 23.8 Å². The van der Waals surface area contributed by atoms with Crippen LogP contribution in [-0.2, 0) is 4.75 Å². The number of thioether (sulfide) groups is 1. The number of alkyl halides is 3. The maximum atomic E-state index is 13.3. The number of nitrogens with one attached hydrogen (secondary N) is 3. The monoisotopic (exact) mass is 675 g/mol. The van der Waals surface area contributed by atoms with E-state index in [0.29, 0.717) is 28.9 Å². The molecule has 0 spiro atoms. The third-order valence-electron chi connectivity index (χ3n) is 7.18. The topological polar surface area (TPSA) is 66.2 Å². The highest BCUT2D eigenvalue weighted by atomic mass is 32.2. The smallest absolute Gasteiger partial charge is 0.406 e. The van der Waals surface area contributed by atoms with Gasteiger partial charge >= 0.3 is 6.36 Å². The van der Waals surface area contributed by atoms with Gasteiger partial charge in [-0.3, -0.25) is 4.79 Å². The van der Waals surface area contributed by atoms with Gasteiger partial charge < -0.3 is 19.8 Å². The van der Waals surface area contributed by atoms with Crippen LogP contribution in [0.25, 0.3) is 10.9 Å². The fourth-order valence-electron chi connectivity index (χ4n) is 5.27. The lowest BCUT2D eigenvalue weighted by Gasteiger charge is -2.35. The predicted octanol–water partition coefficient (Wildman–Crippen LogP) is 9.70. The zero-order valence-corrected chi connectivity index (χ0v) is 26.7. The molecule has 0 unspecified atom stereocenters. The van der Waals surface area contributed by atoms with Gasteiger partial charge in [0.25, 0.3) is 5.91 Å². The minimum absolute atomic E-state index is 0.230. The van der Waals surface area contributed by atoms with E-state index in [1.807, 2.05) is 72.1 Å². The standard InChI is InChI=1S/C35H28F3N3O2S3/c36-35(37,38)43-28-21-24-22-30(40-32(24)29(23-28)41-46-31-17-10-19-44-31)33(42)39-18-20-45-34(25-11-4-1-5-12-25,26-13-6-2-7-14-26)27-15-8-3-9-16-27/h1-17,19,21-23,40-41H,18,20H2,(H,39,42). The molecule has 4 aromatic carbocycles. The largest absolute Gasteiger partial charge is 0.573 e. The Kier molecular flexibility index (Phi) is 9.62. The fraction of sp³-hybridized carbons (Fsp3) is 0.114. The molecule has 6 rings (SSSR count). The van der Waals surface area contributed by atoms with Gasteiger partial charge in [0.15, 0.2) is 0 Å². The van der Waals surface area contributed by atoms with Crippen LogP contribution in [0.3, 0.4) is 0 Å². The first-order chi connectivity index (χ1) is 22.3. The van der Waals surface area contributed by atoms with E-state index < -0.39 is 11.1 Å². The van der Waals surface area contributed by atoms with Gasteiger partial charge in [-0.25, -0.2) is 0 Å². The van der Waals surface area contributed by atoms with Crippen molar-refractivity contribution in [2.45, 2.75) is 15.3 Å². The molecule has 5 nitrogen and oxygen atoms in total. The summed E-state index contributed by atoms with van der Waals surface area (Å²) in [5, 5.41) is 5.30. The summed E-state index contributed by atoms with van der Waals surface area (Å²) in [6.07, 6.45) is -4.85. The predicted molar refractivity (Wildman–Crippen MR) is 183 cm³/mol. The number of hydrogen-bond acceptors (Lipinski definition) is 6. The van der Waals surface area contributed by atoms with Crippen LogP contribution in [0.1, 0.15) is 27.2 Å². The van der Waals surface area contributed by atoms with Crippen LogP contribution < -0.4 is 14.8 Å². The van der Waals surface area contributed by atoms with Crippen LogP contribution in [0.2, 0.25) is 0 Å². The number of benzene rings is 4. The summed E-state index contributed by atoms with van der Waals surface area (Å²) in [5.74, 6) is -0.161. The lowest BCUT2D eigenvalue weighted by Crippen LogP contribution is -2.30. The van der Waals surface area contributed by atoms with Crippen molar-refractivity contribution in [3.63, 3.8) is 0 Å². The molecule has 0 bridgehead atoms. The van der Waals surface area contributed by atoms with Gasteiger partial charge in [-0.05, 0) is 52.2 Å². The number of carbonyl (C=O) groups is 1. The van der Waals surface area contributed by atoms with Gasteiger partial charge in [0.05, 0.1) is 20.2 Å². The summed E-state index contributed by atoms with van der Waals surface area (Å²) in [6.45, 7) is 0.356. The molecule has 0 fully saturated rings. The molecule has 11 heteroatoms. The molecule has 0 aliphatic rings. The Hall–Kier alpha value is -4.32. The van der Waals surface area contributed by atoms with Gasteiger partial charge in [0.2, 0.25) is 0 Å². The lowest BCUT2D eigenvalue weighted by atomic mass is 9.84. The van der Waals surface area contributed by atoms with Crippen molar-refractivity contribution in [2.75, 3.05) is 17.0 Å². The van der Waals surface area contributed by atoms with E-state index in [2.05, 4.69) is 56.2 Å². The Morgan fingerprint density at radius 2 is 1.41 bits per heavy atom. The average molecular weight is 676 g/mol. The number of aromatic nitrogens is 1. The third kappa shape index (κ3) is 7.22. The molecule has 0 aliphatic carbocycles. The second-order valence-corrected chi connectivity index (χ2v) is 13.5. The molecule has 2 heterocycles. The van der Waals surface area contributed by atoms with Crippen molar-refractivity contribution >= 4 is 57.5 Å². The molecular formula is C35H28F3N3O2S3. The third-order valence-corrected chi connectivity index (χ3v) is 10.6. The fourth-order valence-corrected chi connectivity index (χ4v) is 8.14. The second-order valence-electron chi connectivity index (χ2n) is 10.2. The number of thiophene rings is 1. The Balaban J connectivity index is 1.23. The van der Waals surface area contributed by atoms with E-state index in [9.17, 15) is 18.0 Å². The Morgan fingerprint density at radius 1 is 0.804 bits per heavy atom. The molecule has 2 aromatic heterocycles. The molecule has 46 heavy (non-hydrogen) atoms. The van der Waals surface area contributed by atoms with Crippen LogP contribution in [0.15, 0.2) is 131 Å². The average Bonchev–Trinajstić information content (AvgIpc) is 3.75. The summed E-state index contributed by atoms with van der Waals surface area (Å²) in [6, 6.07) is 38.7. The van der Waals surface area contributed by atoms with Crippen LogP contribution in [0.4, 0.5) is 18.9 Å². The number of ether oxygens (including phenoxy) is 1. The van der Waals surface area contributed by atoms with Crippen LogP contribution in [0.5, 0.6) is 5.75 Å². The number of H-pyrrole nitrogens is 1. The molecule has 0 aliphatic heterocycles. The summed E-state index contributed by atoms with van der Waals surface area (Å²) in [5.41, 5.74) is 4.45. The molecule has 0 radical (unpaired) electrons. The van der Waals surface area contributed by atoms with E-state index in [4.69, 9.17) is 0 Å². The van der Waals surface area contributed by atoms with Crippen molar-refractivity contribution < 1.29 is 22.7 Å². The molecule has 0 saturated carbocycles. The number of fused-ring (bicyclic) bond motifs is 1. The summed E-state index contributed by atoms with van der Waals surface area (Å²) < 4.78 is 46.9. The maximum Gasteiger partial charge on any atom is 0.573 e. The molecule has 0 saturated heterocycles. The Bertz CT molecular complexity index is 1790. The highest BCUT2D eigenvalue weighted by Gasteiger charge is 2.36. The first kappa shape index (κ1) is 31.7. The minimum atomic E-state index is -4.85. The van der Waals surface area contributed by atoms with Crippen molar-refractivity contribution in [1.29, 1.82) is 0 Å². The summed E-state index contributed by atoms with van der Waals surface area (Å²) in [4.78, 5) is 16.4. The first-order valence-corrected chi connectivity index (χ1v) is 17.0. The highest BCUT2D eigenvalue weighted by molar-refractivity contribution is 8.02. The van der Waals surface area contributed by atoms with Gasteiger partial charge in [-0.1, -0.05) is 97.1 Å². The van der Waals surface area contributed by atoms with Gasteiger partial charge in [-0.2, -0.15) is 0 Å². The van der Waals surface area contributed by atoms with Gasteiger partial charge in [0.1, 0.15) is 11.4 Å². The molecule has 1 amide bonds. The van der Waals surface area contributed by atoms with Crippen molar-refractivity contribution in [3.8, 4) is 5.75 Å². The molecule has 0 atom stereocenters. The van der Waals surface area contributed by atoms with E-state index in [1.165, 1.54) is 41.5 Å². The molecule has 6 aromatic rings. The zero-order valence-electron chi connectivity index (χ0n) is 24.2. The van der Waals surface area contributed by atoms with Crippen LogP contribution >= 0.6 is 35.0 Å². The summed E-state index contributed by atoms with van der Waals surface area (Å²) in [7, 11) is 0. The maximum absolute atomic E-state index is 13.3. The van der Waals surface area contributed by atoms with Crippen LogP contribution in [0, 0.1) is 0 Å². The van der Waals surface area contributed by atoms with Gasteiger partial charge in [-0.15, -0.1) is 36.3 Å². The number of hydrogen-bond donors (Lipinski definition) is 3. The zero-order chi connectivity index (χ0) is 32.0. The minimum Gasteiger partial charge on any atom is -0.406 e. The first-order valence-electron chi connectivity index (χ1n) is 14.3. The van der Waals surface area contributed by atoms with E-state index in [1.54, 1.807) is 11.8 Å². The van der Waals surface area contributed by atoms with Crippen molar-refractivity contribution in [1.82, 2.24) is 10.3 Å². The van der Waals surface area contributed by atoms with E-state index in [0.717, 1.165) is 20.9 Å². The Morgan fingerprint density at radius 3 is 1.96 bits per heavy atom. The number of amides is 1. The van der Waals surface area contributed by atoms with E-state index in [-0.39, 0.29) is 17.4 Å². The number of carbonyl (C=O) groups excluding carboxylic acids is 1. The normalized spacial score (nSPS) is 11.8. The number of rotatable bonds is 12. The summed E-state index contributed by atoms with van der Waals surface area (Å²) >= 11 is 4.48. The Labute approximate surface area is 276 Å². The van der Waals surface area contributed by atoms with Crippen molar-refractivity contribution in [2.24, 2.45) is 0 Å². The van der Waals surface area contributed by atoms with Crippen molar-refractivity contribution in [3.05, 3.63) is 149 Å². The highest BCUT2D eigenvalue weighted by Crippen LogP contribution is 2.48. The molecule has 234 valence electrons. The van der Waals surface area contributed by atoms with Crippen LogP contribution in [-0.4, -0.2) is 29.6 Å². The molecule has 3 N–H and O–H groups in total. The molecular weight excluding hydrogens is 648 g/mol.